The Kier molecular flexibility index (Phi) is 6.67. The van der Waals surface area contributed by atoms with Gasteiger partial charge in [0.05, 0.1) is 29.5 Å². The molecule has 146 valence electrons. The minimum Gasteiger partial charge on any atom is -0.495 e. The van der Waals surface area contributed by atoms with Gasteiger partial charge in [0.25, 0.3) is 5.56 Å². The highest BCUT2D eigenvalue weighted by Crippen LogP contribution is 2.24. The van der Waals surface area contributed by atoms with Gasteiger partial charge in [0.1, 0.15) is 5.75 Å². The first-order valence-corrected chi connectivity index (χ1v) is 9.78. The second-order valence-corrected chi connectivity index (χ2v) is 6.93. The zero-order valence-corrected chi connectivity index (χ0v) is 16.2. The fourth-order valence-corrected chi connectivity index (χ4v) is 3.57. The van der Waals surface area contributed by atoms with Crippen molar-refractivity contribution in [2.45, 2.75) is 18.1 Å². The monoisotopic (exact) mass is 399 g/mol. The number of aliphatic hydroxyl groups is 1. The van der Waals surface area contributed by atoms with Crippen molar-refractivity contribution >= 4 is 34.3 Å². The molecule has 0 saturated carbocycles. The van der Waals surface area contributed by atoms with E-state index < -0.39 is 0 Å². The second-order valence-electron chi connectivity index (χ2n) is 5.98. The quantitative estimate of drug-likeness (QED) is 0.447. The summed E-state index contributed by atoms with van der Waals surface area (Å²) < 4.78 is 6.75. The van der Waals surface area contributed by atoms with E-state index in [-0.39, 0.29) is 23.8 Å². The lowest BCUT2D eigenvalue weighted by molar-refractivity contribution is -0.113. The van der Waals surface area contributed by atoms with E-state index in [1.807, 2.05) is 18.2 Å². The summed E-state index contributed by atoms with van der Waals surface area (Å²) >= 11 is 1.18. The Morgan fingerprint density at radius 3 is 2.75 bits per heavy atom. The highest BCUT2D eigenvalue weighted by molar-refractivity contribution is 7.99. The molecular formula is C20H21N3O4S. The molecule has 0 aliphatic heterocycles. The Morgan fingerprint density at radius 1 is 1.21 bits per heavy atom. The van der Waals surface area contributed by atoms with Crippen molar-refractivity contribution in [1.29, 1.82) is 0 Å². The predicted molar refractivity (Wildman–Crippen MR) is 110 cm³/mol. The number of aliphatic hydroxyl groups excluding tert-OH is 1. The smallest absolute Gasteiger partial charge is 0.262 e. The van der Waals surface area contributed by atoms with Crippen molar-refractivity contribution < 1.29 is 14.6 Å². The minimum atomic E-state index is -0.231. The van der Waals surface area contributed by atoms with Crippen molar-refractivity contribution in [2.24, 2.45) is 0 Å². The lowest BCUT2D eigenvalue weighted by Crippen LogP contribution is -2.24. The summed E-state index contributed by atoms with van der Waals surface area (Å²) in [4.78, 5) is 29.7. The molecule has 0 saturated heterocycles. The van der Waals surface area contributed by atoms with Crippen LogP contribution >= 0.6 is 11.8 Å². The minimum absolute atomic E-state index is 0.0301. The van der Waals surface area contributed by atoms with E-state index >= 15 is 0 Å². The normalized spacial score (nSPS) is 10.8. The average molecular weight is 399 g/mol. The van der Waals surface area contributed by atoms with Crippen molar-refractivity contribution in [1.82, 2.24) is 9.55 Å². The van der Waals surface area contributed by atoms with Gasteiger partial charge in [0.15, 0.2) is 5.16 Å². The summed E-state index contributed by atoms with van der Waals surface area (Å²) in [6.45, 7) is 0.307. The van der Waals surface area contributed by atoms with Gasteiger partial charge in [0.2, 0.25) is 5.91 Å². The molecule has 8 heteroatoms. The summed E-state index contributed by atoms with van der Waals surface area (Å²) in [6, 6.07) is 14.2. The van der Waals surface area contributed by atoms with Gasteiger partial charge in [-0.3, -0.25) is 14.2 Å². The number of ether oxygens (including phenoxy) is 1. The van der Waals surface area contributed by atoms with Crippen LogP contribution in [-0.2, 0) is 11.3 Å². The zero-order valence-electron chi connectivity index (χ0n) is 15.4. The number of fused-ring (bicyclic) bond motifs is 1. The Morgan fingerprint density at radius 2 is 1.96 bits per heavy atom. The number of amides is 1. The number of anilines is 1. The molecule has 0 bridgehead atoms. The maximum atomic E-state index is 12.8. The zero-order chi connectivity index (χ0) is 19.9. The third kappa shape index (κ3) is 4.52. The molecule has 1 aromatic heterocycles. The second kappa shape index (κ2) is 9.38. The van der Waals surface area contributed by atoms with Crippen LogP contribution in [0.4, 0.5) is 5.69 Å². The van der Waals surface area contributed by atoms with Crippen LogP contribution in [0.15, 0.2) is 58.5 Å². The predicted octanol–water partition coefficient (Wildman–Crippen LogP) is 2.52. The third-order valence-electron chi connectivity index (χ3n) is 4.08. The van der Waals surface area contributed by atoms with E-state index in [9.17, 15) is 9.59 Å². The van der Waals surface area contributed by atoms with E-state index in [2.05, 4.69) is 10.3 Å². The number of carbonyl (C=O) groups excluding carboxylic acids is 1. The fourth-order valence-electron chi connectivity index (χ4n) is 2.75. The number of methoxy groups -OCH3 is 1. The van der Waals surface area contributed by atoms with Crippen LogP contribution < -0.4 is 15.6 Å². The van der Waals surface area contributed by atoms with E-state index in [0.29, 0.717) is 40.5 Å². The summed E-state index contributed by atoms with van der Waals surface area (Å²) in [5.41, 5.74) is 0.992. The molecule has 1 amide bonds. The van der Waals surface area contributed by atoms with Gasteiger partial charge in [-0.05, 0) is 30.7 Å². The van der Waals surface area contributed by atoms with E-state index in [0.717, 1.165) is 0 Å². The summed E-state index contributed by atoms with van der Waals surface area (Å²) in [5, 5.41) is 12.9. The molecule has 0 radical (unpaired) electrons. The van der Waals surface area contributed by atoms with Crippen molar-refractivity contribution in [3.63, 3.8) is 0 Å². The Labute approximate surface area is 166 Å². The van der Waals surface area contributed by atoms with Gasteiger partial charge in [-0.1, -0.05) is 36.0 Å². The van der Waals surface area contributed by atoms with Crippen LogP contribution in [0.3, 0.4) is 0 Å². The number of thioether (sulfide) groups is 1. The number of rotatable bonds is 8. The van der Waals surface area contributed by atoms with Crippen LogP contribution in [0.25, 0.3) is 10.9 Å². The number of nitrogens with zero attached hydrogens (tertiary/aromatic N) is 2. The van der Waals surface area contributed by atoms with Gasteiger partial charge < -0.3 is 15.2 Å². The summed E-state index contributed by atoms with van der Waals surface area (Å²) in [7, 11) is 1.54. The molecule has 0 aliphatic rings. The molecule has 3 rings (SSSR count). The maximum Gasteiger partial charge on any atom is 0.262 e. The number of benzene rings is 2. The first kappa shape index (κ1) is 19.9. The Balaban J connectivity index is 1.81. The Hall–Kier alpha value is -2.84. The van der Waals surface area contributed by atoms with Crippen LogP contribution in [0.2, 0.25) is 0 Å². The molecule has 0 unspecified atom stereocenters. The molecule has 3 aromatic rings. The van der Waals surface area contributed by atoms with Gasteiger partial charge in [0, 0.05) is 13.2 Å². The molecule has 0 aliphatic carbocycles. The number of para-hydroxylation sites is 3. The van der Waals surface area contributed by atoms with Gasteiger partial charge in [-0.25, -0.2) is 4.98 Å². The van der Waals surface area contributed by atoms with Crippen LogP contribution in [0, 0.1) is 0 Å². The van der Waals surface area contributed by atoms with Crippen LogP contribution in [0.5, 0.6) is 5.75 Å². The third-order valence-corrected chi connectivity index (χ3v) is 5.06. The standard InChI is InChI=1S/C20H21N3O4S/c1-27-17-10-5-4-9-16(17)21-18(25)13-28-20-22-15-8-3-2-7-14(15)19(26)23(20)11-6-12-24/h2-5,7-10,24H,6,11-13H2,1H3,(H,21,25). The van der Waals surface area contributed by atoms with E-state index in [4.69, 9.17) is 9.84 Å². The largest absolute Gasteiger partial charge is 0.495 e. The molecule has 0 spiro atoms. The highest BCUT2D eigenvalue weighted by atomic mass is 32.2. The van der Waals surface area contributed by atoms with E-state index in [1.165, 1.54) is 16.3 Å². The number of aromatic nitrogens is 2. The Bertz CT molecular complexity index is 1040. The van der Waals surface area contributed by atoms with E-state index in [1.54, 1.807) is 37.4 Å². The first-order chi connectivity index (χ1) is 13.6. The van der Waals surface area contributed by atoms with Crippen molar-refractivity contribution in [3.8, 4) is 5.75 Å². The van der Waals surface area contributed by atoms with Crippen molar-refractivity contribution in [2.75, 3.05) is 24.8 Å². The SMILES string of the molecule is COc1ccccc1NC(=O)CSc1nc2ccccc2c(=O)n1CCCO. The number of carbonyl (C=O) groups is 1. The lowest BCUT2D eigenvalue weighted by atomic mass is 10.2. The number of hydrogen-bond donors (Lipinski definition) is 2. The van der Waals surface area contributed by atoms with Crippen LogP contribution in [-0.4, -0.2) is 40.0 Å². The summed E-state index contributed by atoms with van der Waals surface area (Å²) in [6.07, 6.45) is 0.431. The van der Waals surface area contributed by atoms with Crippen LogP contribution in [0.1, 0.15) is 6.42 Å². The number of hydrogen-bond acceptors (Lipinski definition) is 6. The number of nitrogens with one attached hydrogen (secondary N) is 1. The molecule has 28 heavy (non-hydrogen) atoms. The van der Waals surface area contributed by atoms with Gasteiger partial charge in [-0.2, -0.15) is 0 Å². The van der Waals surface area contributed by atoms with Gasteiger partial charge >= 0.3 is 0 Å². The average Bonchev–Trinajstić information content (AvgIpc) is 2.72. The van der Waals surface area contributed by atoms with Crippen molar-refractivity contribution in [3.05, 3.63) is 58.9 Å². The molecule has 2 N–H and O–H groups in total. The highest BCUT2D eigenvalue weighted by Gasteiger charge is 2.14. The van der Waals surface area contributed by atoms with Gasteiger partial charge in [-0.15, -0.1) is 0 Å². The lowest BCUT2D eigenvalue weighted by Gasteiger charge is -2.13. The topological polar surface area (TPSA) is 93.5 Å². The molecule has 7 nitrogen and oxygen atoms in total. The molecule has 1 heterocycles. The molecule has 2 aromatic carbocycles. The molecular weight excluding hydrogens is 378 g/mol. The fraction of sp³-hybridized carbons (Fsp3) is 0.250. The maximum absolute atomic E-state index is 12.8. The first-order valence-electron chi connectivity index (χ1n) is 8.80. The summed E-state index contributed by atoms with van der Waals surface area (Å²) in [5.74, 6) is 0.428. The molecule has 0 atom stereocenters. The molecule has 0 fully saturated rings.